The van der Waals surface area contributed by atoms with Gasteiger partial charge in [0.1, 0.15) is 5.02 Å². The summed E-state index contributed by atoms with van der Waals surface area (Å²) in [5.74, 6) is 0. The van der Waals surface area contributed by atoms with Gasteiger partial charge < -0.3 is 15.5 Å². The van der Waals surface area contributed by atoms with Gasteiger partial charge in [-0.3, -0.25) is 4.79 Å². The summed E-state index contributed by atoms with van der Waals surface area (Å²) in [6.45, 7) is 0.826. The minimum Gasteiger partial charge on any atom is -0.396 e. The second kappa shape index (κ2) is 5.90. The molecule has 6 nitrogen and oxygen atoms in total. The molecule has 1 aliphatic carbocycles. The highest BCUT2D eigenvalue weighted by atomic mass is 35.5. The monoisotopic (exact) mass is 287 g/mol. The predicted octanol–water partition coefficient (Wildman–Crippen LogP) is 0.463. The van der Waals surface area contributed by atoms with Crippen molar-refractivity contribution in [2.75, 3.05) is 25.1 Å². The number of aromatic nitrogens is 2. The molecule has 1 aliphatic rings. The Morgan fingerprint density at radius 1 is 1.42 bits per heavy atom. The van der Waals surface area contributed by atoms with Gasteiger partial charge in [-0.1, -0.05) is 11.6 Å². The van der Waals surface area contributed by atoms with Crippen molar-refractivity contribution in [3.05, 3.63) is 21.6 Å². The Balaban J connectivity index is 2.05. The number of halogens is 1. The first-order valence-corrected chi connectivity index (χ1v) is 6.71. The number of aliphatic hydroxyl groups is 2. The zero-order chi connectivity index (χ0) is 13.9. The van der Waals surface area contributed by atoms with Gasteiger partial charge in [-0.2, -0.15) is 5.10 Å². The van der Waals surface area contributed by atoms with E-state index in [4.69, 9.17) is 21.8 Å². The Hall–Kier alpha value is -1.11. The summed E-state index contributed by atoms with van der Waals surface area (Å²) in [7, 11) is 0. The SMILES string of the molecule is O=c1c(Cl)c(NCC2(CCO)CC2)cnn1CCO. The maximum atomic E-state index is 11.8. The van der Waals surface area contributed by atoms with Crippen LogP contribution in [0.1, 0.15) is 19.3 Å². The van der Waals surface area contributed by atoms with Crippen LogP contribution in [0.2, 0.25) is 5.02 Å². The Labute approximate surface area is 116 Å². The molecule has 0 aliphatic heterocycles. The first-order chi connectivity index (χ1) is 9.12. The van der Waals surface area contributed by atoms with E-state index in [1.807, 2.05) is 0 Å². The molecule has 19 heavy (non-hydrogen) atoms. The second-order valence-corrected chi connectivity index (χ2v) is 5.33. The Kier molecular flexibility index (Phi) is 4.44. The third-order valence-electron chi connectivity index (χ3n) is 3.55. The molecule has 0 amide bonds. The predicted molar refractivity (Wildman–Crippen MR) is 72.5 cm³/mol. The molecule has 0 saturated heterocycles. The van der Waals surface area contributed by atoms with E-state index in [0.717, 1.165) is 23.9 Å². The standard InChI is InChI=1S/C12H18ClN3O3/c13-10-9(7-15-16(4-6-18)11(10)19)14-8-12(1-2-12)3-5-17/h7,14,17-18H,1-6,8H2. The fourth-order valence-corrected chi connectivity index (χ4v) is 2.27. The number of rotatable bonds is 7. The van der Waals surface area contributed by atoms with Crippen molar-refractivity contribution in [1.82, 2.24) is 9.78 Å². The Morgan fingerprint density at radius 2 is 2.16 bits per heavy atom. The summed E-state index contributed by atoms with van der Waals surface area (Å²) in [5, 5.41) is 24.9. The molecule has 0 aromatic carbocycles. The van der Waals surface area contributed by atoms with Gasteiger partial charge >= 0.3 is 0 Å². The summed E-state index contributed by atoms with van der Waals surface area (Å²) in [4.78, 5) is 11.8. The third kappa shape index (κ3) is 3.26. The highest BCUT2D eigenvalue weighted by Crippen LogP contribution is 2.48. The molecule has 0 bridgehead atoms. The van der Waals surface area contributed by atoms with Crippen molar-refractivity contribution in [2.45, 2.75) is 25.8 Å². The molecule has 1 aromatic heterocycles. The van der Waals surface area contributed by atoms with Crippen LogP contribution in [0.4, 0.5) is 5.69 Å². The molecule has 3 N–H and O–H groups in total. The van der Waals surface area contributed by atoms with Crippen molar-refractivity contribution in [1.29, 1.82) is 0 Å². The van der Waals surface area contributed by atoms with Crippen molar-refractivity contribution in [2.24, 2.45) is 5.41 Å². The highest BCUT2D eigenvalue weighted by molar-refractivity contribution is 6.32. The normalized spacial score (nSPS) is 16.4. The van der Waals surface area contributed by atoms with Crippen LogP contribution in [0.15, 0.2) is 11.0 Å². The lowest BCUT2D eigenvalue weighted by Gasteiger charge is -2.16. The first-order valence-electron chi connectivity index (χ1n) is 6.33. The fourth-order valence-electron chi connectivity index (χ4n) is 2.05. The molecule has 7 heteroatoms. The lowest BCUT2D eigenvalue weighted by atomic mass is 10.0. The van der Waals surface area contributed by atoms with Crippen LogP contribution in [0, 0.1) is 5.41 Å². The van der Waals surface area contributed by atoms with E-state index in [-0.39, 0.29) is 30.2 Å². The van der Waals surface area contributed by atoms with Crippen LogP contribution in [0.25, 0.3) is 0 Å². The average Bonchev–Trinajstić information content (AvgIpc) is 3.15. The fraction of sp³-hybridized carbons (Fsp3) is 0.667. The molecule has 0 radical (unpaired) electrons. The van der Waals surface area contributed by atoms with E-state index in [9.17, 15) is 4.79 Å². The van der Waals surface area contributed by atoms with Gasteiger partial charge in [0.15, 0.2) is 0 Å². The van der Waals surface area contributed by atoms with E-state index in [2.05, 4.69) is 10.4 Å². The van der Waals surface area contributed by atoms with Gasteiger partial charge in [-0.05, 0) is 24.7 Å². The lowest BCUT2D eigenvalue weighted by molar-refractivity contribution is 0.253. The molecule has 1 aromatic rings. The average molecular weight is 288 g/mol. The number of nitrogens with one attached hydrogen (secondary N) is 1. The minimum absolute atomic E-state index is 0.0863. The van der Waals surface area contributed by atoms with Gasteiger partial charge in [0.25, 0.3) is 5.56 Å². The third-order valence-corrected chi connectivity index (χ3v) is 3.92. The van der Waals surface area contributed by atoms with Crippen molar-refractivity contribution in [3.63, 3.8) is 0 Å². The molecule has 0 unspecified atom stereocenters. The number of hydrogen-bond donors (Lipinski definition) is 3. The minimum atomic E-state index is -0.410. The van der Waals surface area contributed by atoms with E-state index >= 15 is 0 Å². The molecule has 106 valence electrons. The van der Waals surface area contributed by atoms with Crippen LogP contribution in [0.5, 0.6) is 0 Å². The van der Waals surface area contributed by atoms with Gasteiger partial charge in [-0.25, -0.2) is 4.68 Å². The van der Waals surface area contributed by atoms with Crippen LogP contribution >= 0.6 is 11.6 Å². The molecule has 1 heterocycles. The van der Waals surface area contributed by atoms with Crippen LogP contribution in [-0.2, 0) is 6.54 Å². The van der Waals surface area contributed by atoms with E-state index in [0.29, 0.717) is 12.2 Å². The Bertz CT molecular complexity index is 499. The Morgan fingerprint density at radius 3 is 2.74 bits per heavy atom. The van der Waals surface area contributed by atoms with Crippen molar-refractivity contribution < 1.29 is 10.2 Å². The summed E-state index contributed by atoms with van der Waals surface area (Å²) >= 11 is 5.99. The molecule has 0 spiro atoms. The quantitative estimate of drug-likeness (QED) is 0.678. The summed E-state index contributed by atoms with van der Waals surface area (Å²) in [6.07, 6.45) is 4.40. The number of anilines is 1. The van der Waals surface area contributed by atoms with Crippen molar-refractivity contribution >= 4 is 17.3 Å². The lowest BCUT2D eigenvalue weighted by Crippen LogP contribution is -2.26. The number of nitrogens with zero attached hydrogens (tertiary/aromatic N) is 2. The highest BCUT2D eigenvalue weighted by Gasteiger charge is 2.41. The maximum absolute atomic E-state index is 11.8. The molecule has 2 rings (SSSR count). The molecular formula is C12H18ClN3O3. The van der Waals surface area contributed by atoms with Gasteiger partial charge in [0.2, 0.25) is 0 Å². The van der Waals surface area contributed by atoms with Gasteiger partial charge in [0, 0.05) is 13.2 Å². The molecule has 0 atom stereocenters. The van der Waals surface area contributed by atoms with Crippen LogP contribution in [0.3, 0.4) is 0 Å². The van der Waals surface area contributed by atoms with Gasteiger partial charge in [0.05, 0.1) is 25.0 Å². The smallest absolute Gasteiger partial charge is 0.287 e. The number of hydrogen-bond acceptors (Lipinski definition) is 5. The van der Waals surface area contributed by atoms with E-state index in [1.165, 1.54) is 6.20 Å². The summed E-state index contributed by atoms with van der Waals surface area (Å²) in [6, 6.07) is 0. The molecule has 1 saturated carbocycles. The second-order valence-electron chi connectivity index (χ2n) is 4.95. The topological polar surface area (TPSA) is 87.4 Å². The van der Waals surface area contributed by atoms with E-state index in [1.54, 1.807) is 0 Å². The van der Waals surface area contributed by atoms with Gasteiger partial charge in [-0.15, -0.1) is 0 Å². The zero-order valence-corrected chi connectivity index (χ0v) is 11.4. The van der Waals surface area contributed by atoms with Crippen LogP contribution < -0.4 is 10.9 Å². The summed E-state index contributed by atoms with van der Waals surface area (Å²) in [5.41, 5.74) is 0.232. The van der Waals surface area contributed by atoms with Crippen LogP contribution in [-0.4, -0.2) is 39.8 Å². The molecule has 1 fully saturated rings. The summed E-state index contributed by atoms with van der Waals surface area (Å²) < 4.78 is 1.13. The largest absolute Gasteiger partial charge is 0.396 e. The molecular weight excluding hydrogens is 270 g/mol. The zero-order valence-electron chi connectivity index (χ0n) is 10.6. The van der Waals surface area contributed by atoms with E-state index < -0.39 is 5.56 Å². The maximum Gasteiger partial charge on any atom is 0.287 e. The first kappa shape index (κ1) is 14.3. The number of aliphatic hydroxyl groups excluding tert-OH is 2. The van der Waals surface area contributed by atoms with Crippen molar-refractivity contribution in [3.8, 4) is 0 Å².